The van der Waals surface area contributed by atoms with Crippen molar-refractivity contribution in [3.8, 4) is 5.75 Å². The Morgan fingerprint density at radius 3 is 2.85 bits per heavy atom. The second-order valence-corrected chi connectivity index (χ2v) is 5.41. The van der Waals surface area contributed by atoms with E-state index in [1.54, 1.807) is 0 Å². The maximum atomic E-state index is 12.8. The van der Waals surface area contributed by atoms with Gasteiger partial charge in [-0.25, -0.2) is 0 Å². The Bertz CT molecular complexity index is 664. The Balaban J connectivity index is 2.02. The molecule has 0 radical (unpaired) electrons. The van der Waals surface area contributed by atoms with E-state index in [0.29, 0.717) is 23.6 Å². The maximum Gasteiger partial charge on any atom is 0.170 e. The third-order valence-electron chi connectivity index (χ3n) is 3.81. The van der Waals surface area contributed by atoms with Crippen LogP contribution in [-0.4, -0.2) is 12.4 Å². The van der Waals surface area contributed by atoms with Crippen molar-refractivity contribution in [3.63, 3.8) is 0 Å². The van der Waals surface area contributed by atoms with Gasteiger partial charge in [0.1, 0.15) is 5.75 Å². The molecule has 1 aliphatic rings. The van der Waals surface area contributed by atoms with Gasteiger partial charge in [0.2, 0.25) is 0 Å². The summed E-state index contributed by atoms with van der Waals surface area (Å²) in [6.45, 7) is 2.47. The van der Waals surface area contributed by atoms with Crippen LogP contribution in [0.15, 0.2) is 42.5 Å². The van der Waals surface area contributed by atoms with Crippen LogP contribution >= 0.6 is 11.6 Å². The van der Waals surface area contributed by atoms with Crippen LogP contribution in [0.3, 0.4) is 0 Å². The molecule has 1 aliphatic heterocycles. The minimum Gasteiger partial charge on any atom is -0.493 e. The van der Waals surface area contributed by atoms with Gasteiger partial charge in [-0.05, 0) is 31.0 Å². The summed E-state index contributed by atoms with van der Waals surface area (Å²) in [4.78, 5) is 12.8. The molecule has 0 fully saturated rings. The first kappa shape index (κ1) is 13.2. The summed E-state index contributed by atoms with van der Waals surface area (Å²) in [7, 11) is 0. The monoisotopic (exact) mass is 286 g/mol. The molecule has 0 aromatic heterocycles. The van der Waals surface area contributed by atoms with Gasteiger partial charge in [0.25, 0.3) is 0 Å². The number of benzene rings is 2. The first-order chi connectivity index (χ1) is 9.68. The molecule has 0 spiro atoms. The van der Waals surface area contributed by atoms with Crippen LogP contribution in [0.4, 0.5) is 0 Å². The minimum absolute atomic E-state index is 0.126. The molecule has 2 aromatic carbocycles. The highest BCUT2D eigenvalue weighted by Crippen LogP contribution is 2.36. The van der Waals surface area contributed by atoms with Gasteiger partial charge in [-0.2, -0.15) is 0 Å². The van der Waals surface area contributed by atoms with Crippen molar-refractivity contribution in [1.29, 1.82) is 0 Å². The predicted octanol–water partition coefficient (Wildman–Crippen LogP) is 4.40. The van der Waals surface area contributed by atoms with E-state index in [0.717, 1.165) is 16.9 Å². The van der Waals surface area contributed by atoms with Gasteiger partial charge < -0.3 is 4.74 Å². The molecule has 0 N–H and O–H groups in total. The number of carbonyl (C=O) groups excluding carboxylic acids is 1. The fourth-order valence-corrected chi connectivity index (χ4v) is 2.85. The average molecular weight is 287 g/mol. The second-order valence-electron chi connectivity index (χ2n) is 5.00. The molecular weight excluding hydrogens is 272 g/mol. The molecule has 1 heterocycles. The van der Waals surface area contributed by atoms with Crippen molar-refractivity contribution in [2.24, 2.45) is 0 Å². The number of ketones is 1. The van der Waals surface area contributed by atoms with E-state index in [-0.39, 0.29) is 11.7 Å². The Kier molecular flexibility index (Phi) is 3.49. The third-order valence-corrected chi connectivity index (χ3v) is 4.22. The predicted molar refractivity (Wildman–Crippen MR) is 79.8 cm³/mol. The number of para-hydroxylation sites is 1. The quantitative estimate of drug-likeness (QED) is 0.765. The summed E-state index contributed by atoms with van der Waals surface area (Å²) >= 11 is 6.12. The molecule has 0 bridgehead atoms. The zero-order valence-electron chi connectivity index (χ0n) is 11.2. The van der Waals surface area contributed by atoms with Crippen molar-refractivity contribution in [2.75, 3.05) is 6.61 Å². The van der Waals surface area contributed by atoms with Crippen LogP contribution in [0.2, 0.25) is 5.02 Å². The van der Waals surface area contributed by atoms with Crippen LogP contribution in [-0.2, 0) is 0 Å². The highest BCUT2D eigenvalue weighted by molar-refractivity contribution is 6.32. The summed E-state index contributed by atoms with van der Waals surface area (Å²) < 4.78 is 5.62. The molecule has 0 saturated heterocycles. The van der Waals surface area contributed by atoms with Gasteiger partial charge in [0.15, 0.2) is 5.78 Å². The van der Waals surface area contributed by atoms with Crippen molar-refractivity contribution < 1.29 is 9.53 Å². The molecule has 3 rings (SSSR count). The molecule has 0 amide bonds. The maximum absolute atomic E-state index is 12.8. The molecule has 102 valence electrons. The van der Waals surface area contributed by atoms with Crippen LogP contribution < -0.4 is 4.74 Å². The molecule has 20 heavy (non-hydrogen) atoms. The van der Waals surface area contributed by atoms with Gasteiger partial charge in [0.05, 0.1) is 12.5 Å². The van der Waals surface area contributed by atoms with E-state index >= 15 is 0 Å². The Hall–Kier alpha value is -1.80. The number of carbonyl (C=O) groups is 1. The number of hydrogen-bond donors (Lipinski definition) is 0. The average Bonchev–Trinajstić information content (AvgIpc) is 2.49. The van der Waals surface area contributed by atoms with Gasteiger partial charge in [-0.15, -0.1) is 0 Å². The molecule has 2 nitrogen and oxygen atoms in total. The Morgan fingerprint density at radius 1 is 1.20 bits per heavy atom. The molecule has 3 heteroatoms. The summed E-state index contributed by atoms with van der Waals surface area (Å²) in [6, 6.07) is 13.2. The van der Waals surface area contributed by atoms with Crippen molar-refractivity contribution in [2.45, 2.75) is 19.3 Å². The second kappa shape index (κ2) is 5.29. The van der Waals surface area contributed by atoms with Crippen molar-refractivity contribution in [1.82, 2.24) is 0 Å². The normalized spacial score (nSPS) is 17.2. The van der Waals surface area contributed by atoms with E-state index in [2.05, 4.69) is 0 Å². The zero-order valence-corrected chi connectivity index (χ0v) is 12.0. The third kappa shape index (κ3) is 2.20. The largest absolute Gasteiger partial charge is 0.493 e. The van der Waals surface area contributed by atoms with Gasteiger partial charge in [-0.3, -0.25) is 4.79 Å². The molecule has 0 saturated carbocycles. The fourth-order valence-electron chi connectivity index (χ4n) is 2.68. The molecule has 2 aromatic rings. The molecular formula is C17H15ClO2. The lowest BCUT2D eigenvalue weighted by molar-refractivity contribution is 0.0932. The Labute approximate surface area is 123 Å². The number of halogens is 1. The van der Waals surface area contributed by atoms with E-state index in [9.17, 15) is 4.79 Å². The number of rotatable bonds is 2. The van der Waals surface area contributed by atoms with Gasteiger partial charge >= 0.3 is 0 Å². The first-order valence-electron chi connectivity index (χ1n) is 6.69. The number of fused-ring (bicyclic) bond motifs is 1. The summed E-state index contributed by atoms with van der Waals surface area (Å²) in [5.41, 5.74) is 2.53. The van der Waals surface area contributed by atoms with Crippen LogP contribution in [0, 0.1) is 6.92 Å². The lowest BCUT2D eigenvalue weighted by Crippen LogP contribution is -2.22. The summed E-state index contributed by atoms with van der Waals surface area (Å²) in [5.74, 6) is 0.801. The Morgan fingerprint density at radius 2 is 2.00 bits per heavy atom. The standard InChI is InChI=1S/C17H15ClO2/c1-11-12(6-4-7-15(11)18)17(19)14-9-10-20-16-8-3-2-5-13(14)16/h2-8,14H,9-10H2,1H3. The van der Waals surface area contributed by atoms with Gasteiger partial charge in [-0.1, -0.05) is 41.9 Å². The SMILES string of the molecule is Cc1c(Cl)cccc1C(=O)C1CCOc2ccccc21. The molecule has 1 unspecified atom stereocenters. The molecule has 0 aliphatic carbocycles. The van der Waals surface area contributed by atoms with Crippen molar-refractivity contribution in [3.05, 3.63) is 64.2 Å². The van der Waals surface area contributed by atoms with E-state index in [4.69, 9.17) is 16.3 Å². The van der Waals surface area contributed by atoms with E-state index in [1.165, 1.54) is 0 Å². The van der Waals surface area contributed by atoms with Crippen LogP contribution in [0.5, 0.6) is 5.75 Å². The lowest BCUT2D eigenvalue weighted by atomic mass is 9.85. The number of hydrogen-bond acceptors (Lipinski definition) is 2. The minimum atomic E-state index is -0.142. The number of Topliss-reactive ketones (excluding diaryl/α,β-unsaturated/α-hetero) is 1. The first-order valence-corrected chi connectivity index (χ1v) is 7.07. The topological polar surface area (TPSA) is 26.3 Å². The highest BCUT2D eigenvalue weighted by Gasteiger charge is 2.29. The smallest absolute Gasteiger partial charge is 0.170 e. The fraction of sp³-hybridized carbons (Fsp3) is 0.235. The van der Waals surface area contributed by atoms with Gasteiger partial charge in [0, 0.05) is 16.1 Å². The summed E-state index contributed by atoms with van der Waals surface area (Å²) in [5, 5.41) is 0.635. The zero-order chi connectivity index (χ0) is 14.1. The number of ether oxygens (including phenoxy) is 1. The van der Waals surface area contributed by atoms with E-state index < -0.39 is 0 Å². The van der Waals surface area contributed by atoms with Crippen LogP contribution in [0.1, 0.15) is 33.8 Å². The highest BCUT2D eigenvalue weighted by atomic mass is 35.5. The lowest BCUT2D eigenvalue weighted by Gasteiger charge is -2.25. The van der Waals surface area contributed by atoms with Crippen LogP contribution in [0.25, 0.3) is 0 Å². The molecule has 1 atom stereocenters. The van der Waals surface area contributed by atoms with Crippen molar-refractivity contribution >= 4 is 17.4 Å². The summed E-state index contributed by atoms with van der Waals surface area (Å²) in [6.07, 6.45) is 0.710. The van der Waals surface area contributed by atoms with E-state index in [1.807, 2.05) is 49.4 Å².